The summed E-state index contributed by atoms with van der Waals surface area (Å²) in [7, 11) is -3.93. The van der Waals surface area contributed by atoms with Crippen LogP contribution in [0.4, 0.5) is 5.69 Å². The third-order valence-corrected chi connectivity index (χ3v) is 4.07. The molecule has 0 atom stereocenters. The monoisotopic (exact) mass is 314 g/mol. The molecule has 0 saturated heterocycles. The average molecular weight is 314 g/mol. The first-order valence-corrected chi connectivity index (χ1v) is 8.21. The van der Waals surface area contributed by atoms with Crippen molar-refractivity contribution >= 4 is 33.4 Å². The van der Waals surface area contributed by atoms with Gasteiger partial charge in [0, 0.05) is 18.0 Å². The Bertz CT molecular complexity index is 635. The number of anilines is 1. The van der Waals surface area contributed by atoms with Crippen molar-refractivity contribution in [2.24, 2.45) is 5.14 Å². The topological polar surface area (TPSA) is 109 Å². The summed E-state index contributed by atoms with van der Waals surface area (Å²) in [6, 6.07) is 3.68. The molecule has 0 unspecified atom stereocenters. The van der Waals surface area contributed by atoms with E-state index >= 15 is 0 Å². The van der Waals surface area contributed by atoms with Crippen LogP contribution in [0.1, 0.15) is 10.4 Å². The maximum absolute atomic E-state index is 11.2. The standard InChI is InChI=1S/C12H14N2O4S2/c1-2-6-19-7-5-14-11-4-3-9(20(13,17)18)8-10(11)12(15)16/h1,3-4,8,14H,5-7H2,(H,15,16)(H2,13,17,18). The minimum Gasteiger partial charge on any atom is -0.478 e. The van der Waals surface area contributed by atoms with Crippen molar-refractivity contribution in [1.29, 1.82) is 0 Å². The zero-order valence-electron chi connectivity index (χ0n) is 10.5. The van der Waals surface area contributed by atoms with E-state index in [1.807, 2.05) is 0 Å². The van der Waals surface area contributed by atoms with E-state index in [1.54, 1.807) is 0 Å². The molecule has 0 radical (unpaired) electrons. The highest BCUT2D eigenvalue weighted by Gasteiger charge is 2.15. The van der Waals surface area contributed by atoms with E-state index in [0.717, 1.165) is 6.07 Å². The van der Waals surface area contributed by atoms with Gasteiger partial charge in [-0.05, 0) is 18.2 Å². The number of benzene rings is 1. The molecule has 1 aromatic carbocycles. The number of nitrogens with one attached hydrogen (secondary N) is 1. The molecule has 8 heteroatoms. The van der Waals surface area contributed by atoms with Gasteiger partial charge < -0.3 is 10.4 Å². The molecule has 0 aliphatic rings. The van der Waals surface area contributed by atoms with Crippen LogP contribution in [0.5, 0.6) is 0 Å². The highest BCUT2D eigenvalue weighted by molar-refractivity contribution is 7.99. The minimum atomic E-state index is -3.93. The number of hydrogen-bond acceptors (Lipinski definition) is 5. The Labute approximate surface area is 121 Å². The quantitative estimate of drug-likeness (QED) is 0.507. The summed E-state index contributed by atoms with van der Waals surface area (Å²) in [6.07, 6.45) is 5.11. The van der Waals surface area contributed by atoms with E-state index in [4.69, 9.17) is 16.7 Å². The number of rotatable bonds is 7. The summed E-state index contributed by atoms with van der Waals surface area (Å²) in [5, 5.41) is 17.0. The zero-order chi connectivity index (χ0) is 15.2. The molecule has 0 aliphatic heterocycles. The first kappa shape index (κ1) is 16.4. The highest BCUT2D eigenvalue weighted by Crippen LogP contribution is 2.20. The van der Waals surface area contributed by atoms with Gasteiger partial charge in [-0.2, -0.15) is 0 Å². The molecule has 6 nitrogen and oxygen atoms in total. The number of primary sulfonamides is 1. The molecule has 0 aliphatic carbocycles. The van der Waals surface area contributed by atoms with Crippen molar-refractivity contribution < 1.29 is 18.3 Å². The lowest BCUT2D eigenvalue weighted by Gasteiger charge is -2.10. The van der Waals surface area contributed by atoms with Crippen LogP contribution in [0, 0.1) is 12.3 Å². The van der Waals surface area contributed by atoms with Crippen molar-refractivity contribution in [3.8, 4) is 12.3 Å². The fourth-order valence-electron chi connectivity index (χ4n) is 1.42. The molecule has 108 valence electrons. The highest BCUT2D eigenvalue weighted by atomic mass is 32.2. The summed E-state index contributed by atoms with van der Waals surface area (Å²) in [5.41, 5.74) is 0.199. The van der Waals surface area contributed by atoms with E-state index in [9.17, 15) is 13.2 Å². The normalized spacial score (nSPS) is 10.8. The van der Waals surface area contributed by atoms with E-state index < -0.39 is 16.0 Å². The molecule has 0 amide bonds. The van der Waals surface area contributed by atoms with E-state index in [0.29, 0.717) is 23.7 Å². The Hall–Kier alpha value is -1.69. The van der Waals surface area contributed by atoms with Gasteiger partial charge in [0.15, 0.2) is 0 Å². The first-order valence-electron chi connectivity index (χ1n) is 5.51. The molecule has 0 bridgehead atoms. The molecule has 1 rings (SSSR count). The fraction of sp³-hybridized carbons (Fsp3) is 0.250. The minimum absolute atomic E-state index is 0.140. The van der Waals surface area contributed by atoms with E-state index in [1.165, 1.54) is 23.9 Å². The lowest BCUT2D eigenvalue weighted by atomic mass is 10.2. The van der Waals surface area contributed by atoms with Gasteiger partial charge in [-0.25, -0.2) is 18.4 Å². The number of nitrogens with two attached hydrogens (primary N) is 1. The van der Waals surface area contributed by atoms with Gasteiger partial charge in [-0.1, -0.05) is 5.92 Å². The van der Waals surface area contributed by atoms with Gasteiger partial charge in [0.05, 0.1) is 16.2 Å². The van der Waals surface area contributed by atoms with Crippen molar-refractivity contribution in [2.45, 2.75) is 4.90 Å². The number of carboxylic acids is 1. The third kappa shape index (κ3) is 4.77. The molecule has 20 heavy (non-hydrogen) atoms. The summed E-state index contributed by atoms with van der Waals surface area (Å²) in [5.74, 6) is 2.54. The summed E-state index contributed by atoms with van der Waals surface area (Å²) < 4.78 is 22.4. The molecular formula is C12H14N2O4S2. The summed E-state index contributed by atoms with van der Waals surface area (Å²) >= 11 is 1.53. The van der Waals surface area contributed by atoms with Crippen molar-refractivity contribution in [3.63, 3.8) is 0 Å². The lowest BCUT2D eigenvalue weighted by molar-refractivity contribution is 0.0697. The third-order valence-electron chi connectivity index (χ3n) is 2.30. The van der Waals surface area contributed by atoms with Crippen molar-refractivity contribution in [1.82, 2.24) is 0 Å². The maximum atomic E-state index is 11.2. The van der Waals surface area contributed by atoms with Crippen LogP contribution >= 0.6 is 11.8 Å². The second-order valence-corrected chi connectivity index (χ2v) is 6.41. The molecule has 4 N–H and O–H groups in total. The maximum Gasteiger partial charge on any atom is 0.337 e. The van der Waals surface area contributed by atoms with Crippen LogP contribution in [0.3, 0.4) is 0 Å². The van der Waals surface area contributed by atoms with E-state index in [2.05, 4.69) is 11.2 Å². The first-order chi connectivity index (χ1) is 9.36. The predicted octanol–water partition coefficient (Wildman–Crippen LogP) is 0.810. The Kier molecular flexibility index (Phi) is 5.88. The van der Waals surface area contributed by atoms with Crippen LogP contribution in [0.2, 0.25) is 0 Å². The van der Waals surface area contributed by atoms with Crippen LogP contribution in [0.25, 0.3) is 0 Å². The van der Waals surface area contributed by atoms with Gasteiger partial charge in [-0.15, -0.1) is 18.2 Å². The summed E-state index contributed by atoms with van der Waals surface area (Å²) in [6.45, 7) is 0.515. The number of terminal acetylenes is 1. The lowest BCUT2D eigenvalue weighted by Crippen LogP contribution is -2.15. The van der Waals surface area contributed by atoms with Gasteiger partial charge >= 0.3 is 5.97 Å². The number of hydrogen-bond donors (Lipinski definition) is 3. The zero-order valence-corrected chi connectivity index (χ0v) is 12.1. The Morgan fingerprint density at radius 3 is 2.75 bits per heavy atom. The second-order valence-electron chi connectivity index (χ2n) is 3.74. The van der Waals surface area contributed by atoms with Gasteiger partial charge in [0.25, 0.3) is 0 Å². The Morgan fingerprint density at radius 1 is 1.50 bits per heavy atom. The number of sulfonamides is 1. The van der Waals surface area contributed by atoms with Gasteiger partial charge in [0.2, 0.25) is 10.0 Å². The van der Waals surface area contributed by atoms with Gasteiger partial charge in [0.1, 0.15) is 0 Å². The fourth-order valence-corrected chi connectivity index (χ4v) is 2.47. The Morgan fingerprint density at radius 2 is 2.20 bits per heavy atom. The number of carbonyl (C=O) groups is 1. The number of aromatic carboxylic acids is 1. The molecular weight excluding hydrogens is 300 g/mol. The molecule has 0 fully saturated rings. The average Bonchev–Trinajstić information content (AvgIpc) is 2.37. The molecule has 1 aromatic rings. The van der Waals surface area contributed by atoms with Crippen molar-refractivity contribution in [3.05, 3.63) is 23.8 Å². The molecule has 0 spiro atoms. The second kappa shape index (κ2) is 7.19. The van der Waals surface area contributed by atoms with Crippen LogP contribution in [-0.4, -0.2) is 37.5 Å². The predicted molar refractivity (Wildman–Crippen MR) is 79.4 cm³/mol. The largest absolute Gasteiger partial charge is 0.478 e. The van der Waals surface area contributed by atoms with Crippen molar-refractivity contribution in [2.75, 3.05) is 23.4 Å². The molecule has 0 heterocycles. The Balaban J connectivity index is 2.87. The SMILES string of the molecule is C#CCSCCNc1ccc(S(N)(=O)=O)cc1C(=O)O. The van der Waals surface area contributed by atoms with E-state index in [-0.39, 0.29) is 10.5 Å². The summed E-state index contributed by atoms with van der Waals surface area (Å²) in [4.78, 5) is 10.9. The number of thioether (sulfide) groups is 1. The number of carboxylic acid groups (broad SMARTS) is 1. The van der Waals surface area contributed by atoms with Crippen LogP contribution < -0.4 is 10.5 Å². The molecule has 0 saturated carbocycles. The molecule has 0 aromatic heterocycles. The van der Waals surface area contributed by atoms with Gasteiger partial charge in [-0.3, -0.25) is 0 Å². The van der Waals surface area contributed by atoms with Crippen LogP contribution in [-0.2, 0) is 10.0 Å². The van der Waals surface area contributed by atoms with Crippen LogP contribution in [0.15, 0.2) is 23.1 Å². The smallest absolute Gasteiger partial charge is 0.337 e.